The van der Waals surface area contributed by atoms with E-state index in [0.717, 1.165) is 19.8 Å². The zero-order valence-corrected chi connectivity index (χ0v) is 22.9. The van der Waals surface area contributed by atoms with E-state index in [2.05, 4.69) is 18.8 Å². The van der Waals surface area contributed by atoms with Crippen LogP contribution in [0.1, 0.15) is 83.9 Å². The van der Waals surface area contributed by atoms with Crippen molar-refractivity contribution in [2.75, 3.05) is 0 Å². The van der Waals surface area contributed by atoms with Crippen molar-refractivity contribution in [3.63, 3.8) is 0 Å². The molecule has 0 amide bonds. The third-order valence-corrected chi connectivity index (χ3v) is 8.77. The van der Waals surface area contributed by atoms with Crippen LogP contribution < -0.4 is 0 Å². The van der Waals surface area contributed by atoms with Crippen molar-refractivity contribution in [2.45, 2.75) is 79.2 Å². The van der Waals surface area contributed by atoms with Crippen molar-refractivity contribution in [1.29, 1.82) is 0 Å². The Bertz CT molecular complexity index is 1380. The maximum Gasteiger partial charge on any atom is 0.203 e. The van der Waals surface area contributed by atoms with E-state index < -0.39 is 56.8 Å². The molecule has 0 aromatic heterocycles. The number of unbranched alkanes of at least 4 members (excludes halogenated alkanes) is 2. The molecule has 1 aromatic carbocycles. The highest BCUT2D eigenvalue weighted by molar-refractivity contribution is 6.24. The van der Waals surface area contributed by atoms with Gasteiger partial charge < -0.3 is 20.4 Å². The standard InChI is InChI=1S/C31H36O7/c1-7-8-9-10-11-18-12-13-20(33)22-19(18)14-29(5)15-30(6)23(16(2)3)25(34)21(17(4)32)27(36)31(30,38)28(37)24(29)26(22)35/h12-13,16,23,33,35-36,38H,7-9,14-15H2,1-6H3/t23?,29-,30-,31+/m1/s1. The van der Waals surface area contributed by atoms with Gasteiger partial charge in [-0.15, -0.1) is 0 Å². The molecule has 0 spiro atoms. The van der Waals surface area contributed by atoms with E-state index in [4.69, 9.17) is 0 Å². The number of allylic oxidation sites excluding steroid dienone is 1. The fourth-order valence-electron chi connectivity index (χ4n) is 7.26. The highest BCUT2D eigenvalue weighted by atomic mass is 16.3. The highest BCUT2D eigenvalue weighted by Gasteiger charge is 2.72. The average molecular weight is 521 g/mol. The van der Waals surface area contributed by atoms with E-state index in [9.17, 15) is 34.8 Å². The molecule has 3 aliphatic rings. The predicted molar refractivity (Wildman–Crippen MR) is 142 cm³/mol. The number of hydrogen-bond acceptors (Lipinski definition) is 7. The van der Waals surface area contributed by atoms with Crippen LogP contribution in [0, 0.1) is 34.5 Å². The van der Waals surface area contributed by atoms with Crippen molar-refractivity contribution in [1.82, 2.24) is 0 Å². The molecule has 0 saturated heterocycles. The van der Waals surface area contributed by atoms with Crippen LogP contribution in [0.4, 0.5) is 0 Å². The lowest BCUT2D eigenvalue weighted by atomic mass is 9.43. The van der Waals surface area contributed by atoms with Gasteiger partial charge in [0.05, 0.1) is 5.56 Å². The minimum atomic E-state index is -2.61. The van der Waals surface area contributed by atoms with E-state index in [1.165, 1.54) is 6.07 Å². The largest absolute Gasteiger partial charge is 0.508 e. The summed E-state index contributed by atoms with van der Waals surface area (Å²) in [4.78, 5) is 40.2. The summed E-state index contributed by atoms with van der Waals surface area (Å²) in [6.45, 7) is 10.1. The Hall–Kier alpha value is -3.37. The minimum absolute atomic E-state index is 0.0588. The van der Waals surface area contributed by atoms with Crippen molar-refractivity contribution < 1.29 is 34.8 Å². The van der Waals surface area contributed by atoms with Gasteiger partial charge in [0.25, 0.3) is 0 Å². The van der Waals surface area contributed by atoms with Gasteiger partial charge in [-0.05, 0) is 49.8 Å². The normalized spacial score (nSPS) is 30.5. The van der Waals surface area contributed by atoms with Crippen LogP contribution in [-0.2, 0) is 20.8 Å². The van der Waals surface area contributed by atoms with Gasteiger partial charge in [0, 0.05) is 34.3 Å². The van der Waals surface area contributed by atoms with E-state index in [1.54, 1.807) is 33.8 Å². The number of Topliss-reactive ketones (excluding diaryl/α,β-unsaturated/α-hetero) is 3. The number of phenols is 1. The van der Waals surface area contributed by atoms with Gasteiger partial charge in [-0.1, -0.05) is 52.9 Å². The lowest BCUT2D eigenvalue weighted by molar-refractivity contribution is -0.178. The number of ketones is 3. The molecule has 38 heavy (non-hydrogen) atoms. The van der Waals surface area contributed by atoms with E-state index in [1.807, 2.05) is 0 Å². The monoisotopic (exact) mass is 520 g/mol. The molecule has 7 heteroatoms. The van der Waals surface area contributed by atoms with Gasteiger partial charge >= 0.3 is 0 Å². The second kappa shape index (κ2) is 9.13. The van der Waals surface area contributed by atoms with Crippen LogP contribution in [0.2, 0.25) is 0 Å². The zero-order chi connectivity index (χ0) is 28.4. The highest BCUT2D eigenvalue weighted by Crippen LogP contribution is 2.65. The second-order valence-corrected chi connectivity index (χ2v) is 11.9. The molecule has 4 N–H and O–H groups in total. The Morgan fingerprint density at radius 2 is 1.82 bits per heavy atom. The number of aliphatic hydroxyl groups is 3. The van der Waals surface area contributed by atoms with Crippen LogP contribution in [-0.4, -0.2) is 43.4 Å². The van der Waals surface area contributed by atoms with Gasteiger partial charge in [-0.3, -0.25) is 14.4 Å². The Morgan fingerprint density at radius 1 is 1.16 bits per heavy atom. The Labute approximate surface area is 223 Å². The number of fused-ring (bicyclic) bond motifs is 3. The lowest BCUT2D eigenvalue weighted by Crippen LogP contribution is -2.69. The van der Waals surface area contributed by atoms with Gasteiger partial charge in [0.2, 0.25) is 5.78 Å². The Balaban J connectivity index is 2.02. The average Bonchev–Trinajstić information content (AvgIpc) is 2.79. The summed E-state index contributed by atoms with van der Waals surface area (Å²) < 4.78 is 0. The summed E-state index contributed by atoms with van der Waals surface area (Å²) in [6.07, 6.45) is 2.91. The van der Waals surface area contributed by atoms with Crippen molar-refractivity contribution in [2.24, 2.45) is 22.7 Å². The fourth-order valence-corrected chi connectivity index (χ4v) is 7.26. The number of benzene rings is 1. The van der Waals surface area contributed by atoms with Crippen molar-refractivity contribution in [3.8, 4) is 17.6 Å². The lowest BCUT2D eigenvalue weighted by Gasteiger charge is -2.59. The Morgan fingerprint density at radius 3 is 2.39 bits per heavy atom. The minimum Gasteiger partial charge on any atom is -0.508 e. The summed E-state index contributed by atoms with van der Waals surface area (Å²) in [5.41, 5.74) is -4.56. The molecule has 1 unspecified atom stereocenters. The summed E-state index contributed by atoms with van der Waals surface area (Å²) in [6, 6.07) is 3.10. The summed E-state index contributed by atoms with van der Waals surface area (Å²) in [7, 11) is 0. The van der Waals surface area contributed by atoms with Gasteiger partial charge in [-0.2, -0.15) is 0 Å². The topological polar surface area (TPSA) is 132 Å². The van der Waals surface area contributed by atoms with Crippen LogP contribution in [0.15, 0.2) is 29.0 Å². The number of phenolic OH excluding ortho intramolecular Hbond substituents is 1. The number of carbonyl (C=O) groups is 3. The third kappa shape index (κ3) is 3.57. The molecule has 0 aliphatic heterocycles. The number of hydrogen-bond donors (Lipinski definition) is 4. The third-order valence-electron chi connectivity index (χ3n) is 8.77. The van der Waals surface area contributed by atoms with Crippen LogP contribution in [0.25, 0.3) is 5.76 Å². The first-order valence-electron chi connectivity index (χ1n) is 13.2. The maximum atomic E-state index is 14.2. The molecule has 4 rings (SSSR count). The molecule has 0 bridgehead atoms. The first-order valence-corrected chi connectivity index (χ1v) is 13.2. The molecule has 4 atom stereocenters. The number of aliphatic hydroxyl groups excluding tert-OH is 2. The summed E-state index contributed by atoms with van der Waals surface area (Å²) in [5.74, 6) is 0.983. The maximum absolute atomic E-state index is 14.2. The molecule has 3 aliphatic carbocycles. The molecule has 1 aromatic rings. The first-order chi connectivity index (χ1) is 17.7. The van der Waals surface area contributed by atoms with Gasteiger partial charge in [0.15, 0.2) is 17.2 Å². The Kier molecular flexibility index (Phi) is 6.64. The number of carbonyl (C=O) groups excluding carboxylic acids is 3. The molecule has 0 heterocycles. The van der Waals surface area contributed by atoms with Gasteiger partial charge in [-0.25, -0.2) is 0 Å². The molecular weight excluding hydrogens is 484 g/mol. The molecule has 1 saturated carbocycles. The van der Waals surface area contributed by atoms with Gasteiger partial charge in [0.1, 0.15) is 22.8 Å². The van der Waals surface area contributed by atoms with E-state index >= 15 is 0 Å². The zero-order valence-electron chi connectivity index (χ0n) is 22.9. The molecular formula is C31H36O7. The van der Waals surface area contributed by atoms with E-state index in [-0.39, 0.29) is 35.6 Å². The van der Waals surface area contributed by atoms with Crippen molar-refractivity contribution >= 4 is 23.1 Å². The van der Waals surface area contributed by atoms with E-state index in [0.29, 0.717) is 17.5 Å². The predicted octanol–water partition coefficient (Wildman–Crippen LogP) is 4.73. The molecule has 202 valence electrons. The SMILES string of the molecule is CCCCC#Cc1ccc(O)c2c1C[C@]1(C)C[C@]3(C)C(C(C)C)C(=O)C(C(C)=O)=C(O)[C@]3(O)C(=O)C1=C2O. The quantitative estimate of drug-likeness (QED) is 0.256. The molecule has 7 nitrogen and oxygen atoms in total. The first kappa shape index (κ1) is 27.7. The molecule has 1 fully saturated rings. The summed E-state index contributed by atoms with van der Waals surface area (Å²) in [5, 5.41) is 45.5. The smallest absolute Gasteiger partial charge is 0.203 e. The number of aromatic hydroxyl groups is 1. The summed E-state index contributed by atoms with van der Waals surface area (Å²) >= 11 is 0. The van der Waals surface area contributed by atoms with Crippen molar-refractivity contribution in [3.05, 3.63) is 45.7 Å². The number of rotatable bonds is 4. The fraction of sp³-hybridized carbons (Fsp3) is 0.516. The van der Waals surface area contributed by atoms with Crippen LogP contribution in [0.5, 0.6) is 5.75 Å². The second-order valence-electron chi connectivity index (χ2n) is 11.9. The molecule has 0 radical (unpaired) electrons. The van der Waals surface area contributed by atoms with Crippen LogP contribution in [0.3, 0.4) is 0 Å². The van der Waals surface area contributed by atoms with Crippen LogP contribution >= 0.6 is 0 Å².